The number of methoxy groups -OCH3 is 1. The summed E-state index contributed by atoms with van der Waals surface area (Å²) in [6.45, 7) is 7.58. The number of esters is 1. The zero-order valence-corrected chi connectivity index (χ0v) is 15.5. The van der Waals surface area contributed by atoms with Crippen molar-refractivity contribution in [3.63, 3.8) is 0 Å². The van der Waals surface area contributed by atoms with E-state index in [2.05, 4.69) is 11.1 Å². The van der Waals surface area contributed by atoms with E-state index in [1.165, 1.54) is 7.11 Å². The molecular formula is C14H28NO7P. The van der Waals surface area contributed by atoms with Crippen molar-refractivity contribution in [2.75, 3.05) is 47.6 Å². The molecule has 0 saturated carbocycles. The van der Waals surface area contributed by atoms with Crippen molar-refractivity contribution in [3.8, 4) is 0 Å². The van der Waals surface area contributed by atoms with Crippen molar-refractivity contribution < 1.29 is 37.3 Å². The summed E-state index contributed by atoms with van der Waals surface area (Å²) in [7, 11) is 0.702. The number of nitrogens with zero attached hydrogens (tertiary/aromatic N) is 1. The van der Waals surface area contributed by atoms with E-state index in [1.54, 1.807) is 13.8 Å². The molecule has 0 saturated heterocycles. The maximum Gasteiger partial charge on any atom is 0.333 e. The number of hydrogen-bond donors (Lipinski definition) is 0. The van der Waals surface area contributed by atoms with Gasteiger partial charge in [-0.3, -0.25) is 9.09 Å². The molecule has 0 N–H and O–H groups in total. The van der Waals surface area contributed by atoms with Crippen molar-refractivity contribution in [3.05, 3.63) is 12.2 Å². The first kappa shape index (κ1) is 22.2. The Hall–Kier alpha value is -0.760. The number of rotatable bonds is 12. The Morgan fingerprint density at radius 2 is 1.91 bits per heavy atom. The van der Waals surface area contributed by atoms with E-state index in [-0.39, 0.29) is 24.3 Å². The molecule has 2 atom stereocenters. The average molecular weight is 353 g/mol. The lowest BCUT2D eigenvalue weighted by atomic mass is 10.3. The Morgan fingerprint density at radius 1 is 1.30 bits per heavy atom. The number of phosphoric acid groups is 1. The van der Waals surface area contributed by atoms with Gasteiger partial charge in [0, 0.05) is 26.0 Å². The minimum Gasteiger partial charge on any atom is -0.756 e. The number of carbonyl (C=O) groups is 1. The lowest BCUT2D eigenvalue weighted by Gasteiger charge is -2.38. The van der Waals surface area contributed by atoms with Crippen LogP contribution in [0, 0.1) is 0 Å². The number of phosphoric ester groups is 1. The van der Waals surface area contributed by atoms with E-state index in [1.807, 2.05) is 14.1 Å². The molecule has 9 heteroatoms. The van der Waals surface area contributed by atoms with E-state index >= 15 is 0 Å². The van der Waals surface area contributed by atoms with Gasteiger partial charge in [-0.2, -0.15) is 0 Å². The third-order valence-electron chi connectivity index (χ3n) is 3.26. The Kier molecular flexibility index (Phi) is 9.84. The van der Waals surface area contributed by atoms with Crippen LogP contribution in [0.15, 0.2) is 12.2 Å². The van der Waals surface area contributed by atoms with Gasteiger partial charge >= 0.3 is 5.97 Å². The minimum absolute atomic E-state index is 0.0890. The monoisotopic (exact) mass is 353 g/mol. The predicted octanol–water partition coefficient (Wildman–Crippen LogP) is 1.07. The van der Waals surface area contributed by atoms with Crippen LogP contribution in [-0.4, -0.2) is 64.3 Å². The molecule has 0 rings (SSSR count). The third-order valence-corrected chi connectivity index (χ3v) is 4.33. The SMILES string of the molecule is C=C(C)C(=O)OCCC[N+](C)(C)C(C)OP(=O)([O-])OCCOC. The zero-order valence-electron chi connectivity index (χ0n) is 14.6. The van der Waals surface area contributed by atoms with E-state index in [9.17, 15) is 14.3 Å². The standard InChI is InChI=1S/C14H28NO7P/c1-12(2)14(16)20-9-7-8-15(4,5)13(3)22-23(17,18)21-11-10-19-6/h13H,1,7-11H2,2-6H3. The van der Waals surface area contributed by atoms with Crippen LogP contribution in [0.1, 0.15) is 20.3 Å². The molecule has 0 aliphatic carbocycles. The topological polar surface area (TPSA) is 94.1 Å². The summed E-state index contributed by atoms with van der Waals surface area (Å²) in [6.07, 6.45) is -0.0781. The van der Waals surface area contributed by atoms with Crippen LogP contribution in [0.5, 0.6) is 0 Å². The van der Waals surface area contributed by atoms with Gasteiger partial charge in [0.05, 0.1) is 40.5 Å². The summed E-state index contributed by atoms with van der Waals surface area (Å²) in [6, 6.07) is 0. The van der Waals surface area contributed by atoms with Crippen LogP contribution in [0.2, 0.25) is 0 Å². The van der Waals surface area contributed by atoms with Crippen LogP contribution in [0.4, 0.5) is 0 Å². The summed E-state index contributed by atoms with van der Waals surface area (Å²) in [5.41, 5.74) is 0.343. The second kappa shape index (κ2) is 10.2. The minimum atomic E-state index is -4.39. The molecule has 0 spiro atoms. The molecule has 0 aromatic carbocycles. The molecule has 0 aliphatic rings. The fraction of sp³-hybridized carbons (Fsp3) is 0.786. The normalized spacial score (nSPS) is 15.7. The van der Waals surface area contributed by atoms with E-state index in [4.69, 9.17) is 14.0 Å². The maximum absolute atomic E-state index is 11.7. The number of carbonyl (C=O) groups excluding carboxylic acids is 1. The Labute approximate surface area is 138 Å². The van der Waals surface area contributed by atoms with E-state index < -0.39 is 20.0 Å². The number of quaternary nitrogens is 1. The Balaban J connectivity index is 4.27. The fourth-order valence-electron chi connectivity index (χ4n) is 1.52. The molecule has 136 valence electrons. The second-order valence-corrected chi connectivity index (χ2v) is 7.11. The van der Waals surface area contributed by atoms with Gasteiger partial charge in [-0.05, 0) is 6.92 Å². The van der Waals surface area contributed by atoms with Gasteiger partial charge in [0.2, 0.25) is 0 Å². The zero-order chi connectivity index (χ0) is 18.1. The molecule has 0 amide bonds. The highest BCUT2D eigenvalue weighted by molar-refractivity contribution is 7.45. The van der Waals surface area contributed by atoms with Crippen LogP contribution in [0.3, 0.4) is 0 Å². The molecule has 0 heterocycles. The van der Waals surface area contributed by atoms with E-state index in [0.717, 1.165) is 0 Å². The summed E-state index contributed by atoms with van der Waals surface area (Å²) in [5.74, 6) is -0.435. The van der Waals surface area contributed by atoms with Gasteiger partial charge in [0.1, 0.15) is 0 Å². The molecule has 0 aromatic heterocycles. The summed E-state index contributed by atoms with van der Waals surface area (Å²) < 4.78 is 31.4. The van der Waals surface area contributed by atoms with Gasteiger partial charge in [-0.25, -0.2) is 4.79 Å². The molecule has 0 aromatic rings. The third kappa shape index (κ3) is 9.86. The van der Waals surface area contributed by atoms with Crippen molar-refractivity contribution in [1.82, 2.24) is 0 Å². The first-order valence-corrected chi connectivity index (χ1v) is 8.76. The van der Waals surface area contributed by atoms with E-state index in [0.29, 0.717) is 18.5 Å². The van der Waals surface area contributed by atoms with Crippen LogP contribution in [0.25, 0.3) is 0 Å². The summed E-state index contributed by atoms with van der Waals surface area (Å²) in [5, 5.41) is 0. The maximum atomic E-state index is 11.7. The van der Waals surface area contributed by atoms with Crippen LogP contribution < -0.4 is 4.89 Å². The highest BCUT2D eigenvalue weighted by Gasteiger charge is 2.28. The smallest absolute Gasteiger partial charge is 0.333 e. The molecule has 2 unspecified atom stereocenters. The molecule has 0 fully saturated rings. The fourth-order valence-corrected chi connectivity index (χ4v) is 2.51. The van der Waals surface area contributed by atoms with Gasteiger partial charge < -0.3 is 23.4 Å². The lowest BCUT2D eigenvalue weighted by molar-refractivity contribution is -0.932. The van der Waals surface area contributed by atoms with Gasteiger partial charge in [0.15, 0.2) is 6.23 Å². The molecule has 0 aliphatic heterocycles. The quantitative estimate of drug-likeness (QED) is 0.129. The average Bonchev–Trinajstić information content (AvgIpc) is 2.42. The Bertz CT molecular complexity index is 439. The van der Waals surface area contributed by atoms with Crippen molar-refractivity contribution in [2.45, 2.75) is 26.5 Å². The van der Waals surface area contributed by atoms with Crippen molar-refractivity contribution in [1.29, 1.82) is 0 Å². The first-order chi connectivity index (χ1) is 10.5. The van der Waals surface area contributed by atoms with Crippen molar-refractivity contribution in [2.24, 2.45) is 0 Å². The molecule has 8 nitrogen and oxygen atoms in total. The molecule has 0 bridgehead atoms. The summed E-state index contributed by atoms with van der Waals surface area (Å²) >= 11 is 0. The lowest BCUT2D eigenvalue weighted by Crippen LogP contribution is -2.49. The van der Waals surface area contributed by atoms with Gasteiger partial charge in [-0.1, -0.05) is 6.58 Å². The van der Waals surface area contributed by atoms with Crippen LogP contribution >= 0.6 is 7.82 Å². The van der Waals surface area contributed by atoms with Crippen molar-refractivity contribution >= 4 is 13.8 Å². The summed E-state index contributed by atoms with van der Waals surface area (Å²) in [4.78, 5) is 23.0. The highest BCUT2D eigenvalue weighted by Crippen LogP contribution is 2.40. The van der Waals surface area contributed by atoms with Gasteiger partial charge in [-0.15, -0.1) is 0 Å². The first-order valence-electron chi connectivity index (χ1n) is 7.30. The number of ether oxygens (including phenoxy) is 2. The Morgan fingerprint density at radius 3 is 2.43 bits per heavy atom. The van der Waals surface area contributed by atoms with Crippen LogP contribution in [-0.2, 0) is 27.9 Å². The largest absolute Gasteiger partial charge is 0.756 e. The molecule has 23 heavy (non-hydrogen) atoms. The highest BCUT2D eigenvalue weighted by atomic mass is 31.2. The molecule has 0 radical (unpaired) electrons. The predicted molar refractivity (Wildman–Crippen MR) is 83.3 cm³/mol. The van der Waals surface area contributed by atoms with Gasteiger partial charge in [0.25, 0.3) is 7.82 Å². The second-order valence-electron chi connectivity index (χ2n) is 5.75. The number of hydrogen-bond acceptors (Lipinski definition) is 7. The molecular weight excluding hydrogens is 325 g/mol.